The molecule has 0 saturated heterocycles. The summed E-state index contributed by atoms with van der Waals surface area (Å²) in [7, 11) is 0. The number of amides is 1. The van der Waals surface area contributed by atoms with Crippen LogP contribution in [0, 0.1) is 18.6 Å². The molecule has 3 aromatic rings. The molecule has 0 aliphatic carbocycles. The van der Waals surface area contributed by atoms with Gasteiger partial charge in [0.25, 0.3) is 5.91 Å². The number of hydrogen-bond acceptors (Lipinski definition) is 4. The Morgan fingerprint density at radius 1 is 1.08 bits per heavy atom. The summed E-state index contributed by atoms with van der Waals surface area (Å²) in [6.07, 6.45) is 1.38. The molecule has 0 aliphatic heterocycles. The van der Waals surface area contributed by atoms with Gasteiger partial charge in [0.2, 0.25) is 5.95 Å². The van der Waals surface area contributed by atoms with Gasteiger partial charge >= 0.3 is 0 Å². The Morgan fingerprint density at radius 2 is 1.92 bits per heavy atom. The van der Waals surface area contributed by atoms with Gasteiger partial charge in [-0.25, -0.2) is 18.7 Å². The lowest BCUT2D eigenvalue weighted by Gasteiger charge is -2.08. The monoisotopic (exact) mass is 340 g/mol. The molecule has 0 saturated carbocycles. The first-order valence-corrected chi connectivity index (χ1v) is 7.44. The predicted octanol–water partition coefficient (Wildman–Crippen LogP) is 4.06. The van der Waals surface area contributed by atoms with E-state index < -0.39 is 17.5 Å². The zero-order valence-electron chi connectivity index (χ0n) is 13.3. The highest BCUT2D eigenvalue weighted by molar-refractivity contribution is 6.03. The van der Waals surface area contributed by atoms with Crippen molar-refractivity contribution in [3.63, 3.8) is 0 Å². The van der Waals surface area contributed by atoms with E-state index in [4.69, 9.17) is 0 Å². The molecule has 1 amide bonds. The van der Waals surface area contributed by atoms with Crippen LogP contribution in [0.4, 0.5) is 26.1 Å². The average Bonchev–Trinajstić information content (AvgIpc) is 2.58. The van der Waals surface area contributed by atoms with Crippen molar-refractivity contribution in [3.05, 3.63) is 77.6 Å². The molecule has 0 atom stereocenters. The number of nitrogens with zero attached hydrogens (tertiary/aromatic N) is 2. The van der Waals surface area contributed by atoms with E-state index in [9.17, 15) is 13.6 Å². The second-order valence-electron chi connectivity index (χ2n) is 5.34. The second-order valence-corrected chi connectivity index (χ2v) is 5.34. The van der Waals surface area contributed by atoms with Crippen LogP contribution in [0.2, 0.25) is 0 Å². The molecule has 5 nitrogen and oxygen atoms in total. The van der Waals surface area contributed by atoms with Crippen molar-refractivity contribution >= 4 is 23.2 Å². The number of rotatable bonds is 4. The average molecular weight is 340 g/mol. The van der Waals surface area contributed by atoms with Crippen molar-refractivity contribution in [2.75, 3.05) is 10.6 Å². The maximum Gasteiger partial charge on any atom is 0.274 e. The lowest BCUT2D eigenvalue weighted by atomic mass is 10.2. The van der Waals surface area contributed by atoms with Crippen LogP contribution in [0.1, 0.15) is 16.1 Å². The number of nitrogens with one attached hydrogen (secondary N) is 2. The van der Waals surface area contributed by atoms with Crippen LogP contribution in [-0.2, 0) is 0 Å². The third-order valence-corrected chi connectivity index (χ3v) is 3.34. The van der Waals surface area contributed by atoms with Crippen molar-refractivity contribution < 1.29 is 13.6 Å². The van der Waals surface area contributed by atoms with E-state index in [1.54, 1.807) is 6.07 Å². The third-order valence-electron chi connectivity index (χ3n) is 3.34. The molecule has 0 radical (unpaired) electrons. The van der Waals surface area contributed by atoms with E-state index in [1.165, 1.54) is 18.3 Å². The maximum absolute atomic E-state index is 13.7. The lowest BCUT2D eigenvalue weighted by Crippen LogP contribution is -2.15. The number of benzene rings is 2. The van der Waals surface area contributed by atoms with Gasteiger partial charge in [0.15, 0.2) is 0 Å². The standard InChI is InChI=1S/C18H14F2N4O/c1-11-3-2-4-13(9-11)22-17(25)16-7-8-21-18(24-16)23-15-6-5-12(19)10-14(15)20/h2-10H,1H3,(H,22,25)(H,21,23,24). The Labute approximate surface area is 142 Å². The van der Waals surface area contributed by atoms with Gasteiger partial charge in [-0.3, -0.25) is 4.79 Å². The first-order valence-electron chi connectivity index (χ1n) is 7.44. The van der Waals surface area contributed by atoms with E-state index in [-0.39, 0.29) is 17.3 Å². The minimum Gasteiger partial charge on any atom is -0.322 e. The number of hydrogen-bond donors (Lipinski definition) is 2. The van der Waals surface area contributed by atoms with E-state index in [2.05, 4.69) is 20.6 Å². The highest BCUT2D eigenvalue weighted by Gasteiger charge is 2.11. The van der Waals surface area contributed by atoms with Crippen molar-refractivity contribution in [1.82, 2.24) is 9.97 Å². The summed E-state index contributed by atoms with van der Waals surface area (Å²) in [5.41, 5.74) is 1.77. The van der Waals surface area contributed by atoms with Crippen molar-refractivity contribution in [1.29, 1.82) is 0 Å². The van der Waals surface area contributed by atoms with Gasteiger partial charge in [-0.2, -0.15) is 0 Å². The van der Waals surface area contributed by atoms with Crippen LogP contribution in [-0.4, -0.2) is 15.9 Å². The van der Waals surface area contributed by atoms with Crippen molar-refractivity contribution in [2.45, 2.75) is 6.92 Å². The van der Waals surface area contributed by atoms with E-state index in [1.807, 2.05) is 25.1 Å². The quantitative estimate of drug-likeness (QED) is 0.752. The van der Waals surface area contributed by atoms with Crippen LogP contribution in [0.3, 0.4) is 0 Å². The summed E-state index contributed by atoms with van der Waals surface area (Å²) < 4.78 is 26.6. The number of aromatic nitrogens is 2. The van der Waals surface area contributed by atoms with Crippen molar-refractivity contribution in [3.8, 4) is 0 Å². The first kappa shape index (κ1) is 16.5. The van der Waals surface area contributed by atoms with Crippen molar-refractivity contribution in [2.24, 2.45) is 0 Å². The Hall–Kier alpha value is -3.35. The smallest absolute Gasteiger partial charge is 0.274 e. The fourth-order valence-corrected chi connectivity index (χ4v) is 2.17. The fourth-order valence-electron chi connectivity index (χ4n) is 2.17. The summed E-state index contributed by atoms with van der Waals surface area (Å²) in [6, 6.07) is 11.9. The molecular formula is C18H14F2N4O. The summed E-state index contributed by atoms with van der Waals surface area (Å²) in [5.74, 6) is -1.86. The Balaban J connectivity index is 1.77. The normalized spacial score (nSPS) is 10.4. The van der Waals surface area contributed by atoms with Gasteiger partial charge in [-0.15, -0.1) is 0 Å². The van der Waals surface area contributed by atoms with E-state index in [0.29, 0.717) is 5.69 Å². The number of anilines is 3. The maximum atomic E-state index is 13.7. The summed E-state index contributed by atoms with van der Waals surface area (Å²) in [6.45, 7) is 1.92. The molecule has 2 aromatic carbocycles. The Morgan fingerprint density at radius 3 is 2.68 bits per heavy atom. The summed E-state index contributed by atoms with van der Waals surface area (Å²) >= 11 is 0. The van der Waals surface area contributed by atoms with E-state index in [0.717, 1.165) is 17.7 Å². The van der Waals surface area contributed by atoms with Crippen LogP contribution in [0.5, 0.6) is 0 Å². The highest BCUT2D eigenvalue weighted by atomic mass is 19.1. The van der Waals surface area contributed by atoms with Gasteiger partial charge < -0.3 is 10.6 Å². The number of carbonyl (C=O) groups is 1. The molecule has 0 fully saturated rings. The number of carbonyl (C=O) groups excluding carboxylic acids is 1. The molecule has 7 heteroatoms. The predicted molar refractivity (Wildman–Crippen MR) is 90.8 cm³/mol. The minimum atomic E-state index is -0.779. The first-order chi connectivity index (χ1) is 12.0. The van der Waals surface area contributed by atoms with Crippen LogP contribution < -0.4 is 10.6 Å². The molecule has 0 aliphatic rings. The summed E-state index contributed by atoms with van der Waals surface area (Å²) in [4.78, 5) is 20.3. The Bertz CT molecular complexity index is 930. The fraction of sp³-hybridized carbons (Fsp3) is 0.0556. The third kappa shape index (κ3) is 4.14. The van der Waals surface area contributed by atoms with Gasteiger partial charge in [-0.05, 0) is 42.8 Å². The van der Waals surface area contributed by atoms with Crippen LogP contribution in [0.25, 0.3) is 0 Å². The molecular weight excluding hydrogens is 326 g/mol. The van der Waals surface area contributed by atoms with Gasteiger partial charge in [-0.1, -0.05) is 12.1 Å². The zero-order chi connectivity index (χ0) is 17.8. The second kappa shape index (κ2) is 7.04. The van der Waals surface area contributed by atoms with Crippen LogP contribution in [0.15, 0.2) is 54.7 Å². The largest absolute Gasteiger partial charge is 0.322 e. The van der Waals surface area contributed by atoms with Gasteiger partial charge in [0, 0.05) is 18.0 Å². The lowest BCUT2D eigenvalue weighted by molar-refractivity contribution is 0.102. The number of aryl methyl sites for hydroxylation is 1. The molecule has 25 heavy (non-hydrogen) atoms. The van der Waals surface area contributed by atoms with Crippen LogP contribution >= 0.6 is 0 Å². The molecule has 0 spiro atoms. The molecule has 2 N–H and O–H groups in total. The molecule has 126 valence electrons. The topological polar surface area (TPSA) is 66.9 Å². The van der Waals surface area contributed by atoms with E-state index >= 15 is 0 Å². The molecule has 0 bridgehead atoms. The molecule has 1 heterocycles. The number of halogens is 2. The zero-order valence-corrected chi connectivity index (χ0v) is 13.3. The molecule has 1 aromatic heterocycles. The summed E-state index contributed by atoms with van der Waals surface area (Å²) in [5, 5.41) is 5.35. The highest BCUT2D eigenvalue weighted by Crippen LogP contribution is 2.18. The SMILES string of the molecule is Cc1cccc(NC(=O)c2ccnc(Nc3ccc(F)cc3F)n2)c1. The van der Waals surface area contributed by atoms with Gasteiger partial charge in [0.05, 0.1) is 5.69 Å². The van der Waals surface area contributed by atoms with Gasteiger partial charge in [0.1, 0.15) is 17.3 Å². The minimum absolute atomic E-state index is 0.0117. The Kier molecular flexibility index (Phi) is 4.65. The molecule has 3 rings (SSSR count). The molecule has 0 unspecified atom stereocenters.